The summed E-state index contributed by atoms with van der Waals surface area (Å²) in [6.07, 6.45) is 8.33. The highest BCUT2D eigenvalue weighted by Crippen LogP contribution is 2.61. The molecule has 130 valence electrons. The molecule has 1 amide bonds. The number of rotatable bonds is 5. The van der Waals surface area contributed by atoms with Gasteiger partial charge in [-0.1, -0.05) is 17.7 Å². The normalized spacial score (nSPS) is 26.8. The summed E-state index contributed by atoms with van der Waals surface area (Å²) in [7, 11) is 0. The molecule has 2 aromatic heterocycles. The van der Waals surface area contributed by atoms with Crippen LogP contribution in [0.5, 0.6) is 0 Å². The van der Waals surface area contributed by atoms with Crippen molar-refractivity contribution in [2.45, 2.75) is 44.7 Å². The van der Waals surface area contributed by atoms with E-state index in [0.717, 1.165) is 30.5 Å². The van der Waals surface area contributed by atoms with Gasteiger partial charge in [-0.15, -0.1) is 0 Å². The highest BCUT2D eigenvalue weighted by atomic mass is 35.5. The smallest absolute Gasteiger partial charge is 0.224 e. The fourth-order valence-electron chi connectivity index (χ4n) is 3.77. The number of pyridine rings is 1. The fourth-order valence-corrected chi connectivity index (χ4v) is 3.93. The van der Waals surface area contributed by atoms with Gasteiger partial charge in [0.05, 0.1) is 12.6 Å². The average Bonchev–Trinajstić information content (AvgIpc) is 3.25. The third-order valence-electron chi connectivity index (χ3n) is 5.31. The van der Waals surface area contributed by atoms with Crippen molar-refractivity contribution in [2.75, 3.05) is 5.32 Å². The van der Waals surface area contributed by atoms with Gasteiger partial charge in [-0.3, -0.25) is 9.78 Å². The number of carbonyl (C=O) groups is 1. The Labute approximate surface area is 151 Å². The van der Waals surface area contributed by atoms with Gasteiger partial charge in [0, 0.05) is 24.0 Å². The number of nitrogens with zero attached hydrogens (tertiary/aromatic N) is 3. The molecule has 0 saturated heterocycles. The van der Waals surface area contributed by atoms with Crippen molar-refractivity contribution < 1.29 is 4.79 Å². The van der Waals surface area contributed by atoms with E-state index in [0.29, 0.717) is 23.3 Å². The number of nitrogens with one attached hydrogen (secondary N) is 2. The third-order valence-corrected chi connectivity index (χ3v) is 5.58. The predicted octanol–water partition coefficient (Wildman–Crippen LogP) is 2.53. The number of aryl methyl sites for hydroxylation is 1. The SMILES string of the molecule is Cc1ncccc1CC(=O)NC1CC2(C1)CC2Nc1ncncc1Cl. The number of hydrogen-bond donors (Lipinski definition) is 2. The van der Waals surface area contributed by atoms with Gasteiger partial charge < -0.3 is 10.6 Å². The first-order valence-electron chi connectivity index (χ1n) is 8.48. The second-order valence-corrected chi connectivity index (χ2v) is 7.49. The average molecular weight is 358 g/mol. The van der Waals surface area contributed by atoms with Gasteiger partial charge in [-0.2, -0.15) is 0 Å². The lowest BCUT2D eigenvalue weighted by molar-refractivity contribution is -0.122. The van der Waals surface area contributed by atoms with E-state index in [1.807, 2.05) is 19.1 Å². The molecule has 7 heteroatoms. The lowest BCUT2D eigenvalue weighted by atomic mass is 9.76. The molecule has 0 bridgehead atoms. The Hall–Kier alpha value is -2.21. The Morgan fingerprint density at radius 3 is 2.96 bits per heavy atom. The van der Waals surface area contributed by atoms with Crippen LogP contribution in [0.2, 0.25) is 5.02 Å². The highest BCUT2D eigenvalue weighted by molar-refractivity contribution is 6.32. The van der Waals surface area contributed by atoms with Crippen molar-refractivity contribution in [3.8, 4) is 0 Å². The van der Waals surface area contributed by atoms with Gasteiger partial charge in [0.15, 0.2) is 0 Å². The summed E-state index contributed by atoms with van der Waals surface area (Å²) in [6.45, 7) is 1.93. The molecule has 1 atom stereocenters. The van der Waals surface area contributed by atoms with E-state index in [1.54, 1.807) is 12.4 Å². The van der Waals surface area contributed by atoms with Gasteiger partial charge in [0.25, 0.3) is 0 Å². The second kappa shape index (κ2) is 6.26. The topological polar surface area (TPSA) is 79.8 Å². The minimum atomic E-state index is 0.0694. The first-order valence-corrected chi connectivity index (χ1v) is 8.85. The molecular weight excluding hydrogens is 338 g/mol. The van der Waals surface area contributed by atoms with Crippen molar-refractivity contribution >= 4 is 23.3 Å². The van der Waals surface area contributed by atoms with E-state index >= 15 is 0 Å². The van der Waals surface area contributed by atoms with Crippen LogP contribution in [0, 0.1) is 12.3 Å². The molecule has 0 radical (unpaired) electrons. The van der Waals surface area contributed by atoms with Crippen LogP contribution in [0.1, 0.15) is 30.5 Å². The molecule has 6 nitrogen and oxygen atoms in total. The Morgan fingerprint density at radius 1 is 1.36 bits per heavy atom. The van der Waals surface area contributed by atoms with E-state index in [1.165, 1.54) is 6.33 Å². The van der Waals surface area contributed by atoms with Crippen LogP contribution in [-0.2, 0) is 11.2 Å². The van der Waals surface area contributed by atoms with Crippen LogP contribution in [0.4, 0.5) is 5.82 Å². The van der Waals surface area contributed by atoms with E-state index in [9.17, 15) is 4.79 Å². The largest absolute Gasteiger partial charge is 0.365 e. The standard InChI is InChI=1S/C18H20ClN5O/c1-11-12(3-2-4-21-11)5-16(25)23-13-6-18(7-13)8-15(18)24-17-14(19)9-20-10-22-17/h2-4,9-10,13,15H,5-8H2,1H3,(H,23,25)(H,20,22,24). The predicted molar refractivity (Wildman–Crippen MR) is 95.3 cm³/mol. The van der Waals surface area contributed by atoms with Gasteiger partial charge in [-0.05, 0) is 43.2 Å². The Bertz CT molecular complexity index is 806. The number of halogens is 1. The maximum Gasteiger partial charge on any atom is 0.224 e. The maximum absolute atomic E-state index is 12.2. The zero-order valence-electron chi connectivity index (χ0n) is 14.0. The van der Waals surface area contributed by atoms with Gasteiger partial charge in [0.2, 0.25) is 5.91 Å². The first kappa shape index (κ1) is 16.3. The molecular formula is C18H20ClN5O. The van der Waals surface area contributed by atoms with E-state index in [4.69, 9.17) is 11.6 Å². The molecule has 2 aliphatic rings. The summed E-state index contributed by atoms with van der Waals surface area (Å²) in [5.74, 6) is 0.762. The van der Waals surface area contributed by atoms with Crippen molar-refractivity contribution in [1.82, 2.24) is 20.3 Å². The monoisotopic (exact) mass is 357 g/mol. The number of amides is 1. The Kier molecular flexibility index (Phi) is 4.07. The fraction of sp³-hybridized carbons (Fsp3) is 0.444. The molecule has 4 rings (SSSR count). The van der Waals surface area contributed by atoms with Crippen molar-refractivity contribution in [3.63, 3.8) is 0 Å². The van der Waals surface area contributed by atoms with E-state index in [2.05, 4.69) is 25.6 Å². The number of carbonyl (C=O) groups excluding carboxylic acids is 1. The Balaban J connectivity index is 1.25. The summed E-state index contributed by atoms with van der Waals surface area (Å²) in [5.41, 5.74) is 2.19. The molecule has 2 N–H and O–H groups in total. The number of hydrogen-bond acceptors (Lipinski definition) is 5. The Morgan fingerprint density at radius 2 is 2.20 bits per heavy atom. The maximum atomic E-state index is 12.2. The zero-order chi connectivity index (χ0) is 17.4. The summed E-state index contributed by atoms with van der Waals surface area (Å²) < 4.78 is 0. The molecule has 0 aliphatic heterocycles. The van der Waals surface area contributed by atoms with Crippen LogP contribution in [0.3, 0.4) is 0 Å². The van der Waals surface area contributed by atoms with Crippen molar-refractivity contribution in [2.24, 2.45) is 5.41 Å². The molecule has 2 heterocycles. The minimum absolute atomic E-state index is 0.0694. The van der Waals surface area contributed by atoms with Gasteiger partial charge in [-0.25, -0.2) is 9.97 Å². The summed E-state index contributed by atoms with van der Waals surface area (Å²) in [6, 6.07) is 4.47. The highest BCUT2D eigenvalue weighted by Gasteiger charge is 2.62. The number of aromatic nitrogens is 3. The van der Waals surface area contributed by atoms with E-state index in [-0.39, 0.29) is 17.4 Å². The minimum Gasteiger partial charge on any atom is -0.365 e. The molecule has 25 heavy (non-hydrogen) atoms. The van der Waals surface area contributed by atoms with Crippen LogP contribution in [0.15, 0.2) is 30.9 Å². The molecule has 2 fully saturated rings. The lowest BCUT2D eigenvalue weighted by Crippen LogP contribution is -2.47. The second-order valence-electron chi connectivity index (χ2n) is 7.08. The molecule has 1 spiro atoms. The van der Waals surface area contributed by atoms with E-state index < -0.39 is 0 Å². The molecule has 0 aromatic carbocycles. The molecule has 2 saturated carbocycles. The quantitative estimate of drug-likeness (QED) is 0.859. The van der Waals surface area contributed by atoms with Crippen LogP contribution in [-0.4, -0.2) is 32.9 Å². The summed E-state index contributed by atoms with van der Waals surface area (Å²) in [4.78, 5) is 24.5. The van der Waals surface area contributed by atoms with Crippen molar-refractivity contribution in [1.29, 1.82) is 0 Å². The van der Waals surface area contributed by atoms with Gasteiger partial charge in [0.1, 0.15) is 17.2 Å². The van der Waals surface area contributed by atoms with Crippen LogP contribution in [0.25, 0.3) is 0 Å². The molecule has 2 aliphatic carbocycles. The number of anilines is 1. The zero-order valence-corrected chi connectivity index (χ0v) is 14.8. The van der Waals surface area contributed by atoms with Crippen molar-refractivity contribution in [3.05, 3.63) is 47.1 Å². The van der Waals surface area contributed by atoms with Crippen LogP contribution < -0.4 is 10.6 Å². The first-order chi connectivity index (χ1) is 12.1. The lowest BCUT2D eigenvalue weighted by Gasteiger charge is -2.37. The summed E-state index contributed by atoms with van der Waals surface area (Å²) in [5, 5.41) is 7.07. The molecule has 2 aromatic rings. The van der Waals surface area contributed by atoms with Crippen LogP contribution >= 0.6 is 11.6 Å². The van der Waals surface area contributed by atoms with Gasteiger partial charge >= 0.3 is 0 Å². The molecule has 1 unspecified atom stereocenters. The third kappa shape index (κ3) is 3.31. The summed E-state index contributed by atoms with van der Waals surface area (Å²) >= 11 is 6.09.